The molecule has 0 spiro atoms. The summed E-state index contributed by atoms with van der Waals surface area (Å²) in [4.78, 5) is 0. The van der Waals surface area contributed by atoms with E-state index in [-0.39, 0.29) is 0 Å². The Hall–Kier alpha value is -0.810. The monoisotopic (exact) mass is 334 g/mol. The summed E-state index contributed by atoms with van der Waals surface area (Å²) < 4.78 is 73.9. The van der Waals surface area contributed by atoms with E-state index >= 15 is 0 Å². The van der Waals surface area contributed by atoms with Gasteiger partial charge in [0.2, 0.25) is 0 Å². The van der Waals surface area contributed by atoms with Gasteiger partial charge in [0.1, 0.15) is 0 Å². The van der Waals surface area contributed by atoms with Crippen molar-refractivity contribution in [1.29, 1.82) is 0 Å². The van der Waals surface area contributed by atoms with E-state index in [1.54, 1.807) is 0 Å². The number of halogens is 6. The SMILES string of the molecule is CCCCP.OC(c1ccccc1)(C(F)(F)F)C(F)(F)F. The van der Waals surface area contributed by atoms with Crippen LogP contribution in [0.4, 0.5) is 26.3 Å². The van der Waals surface area contributed by atoms with Crippen molar-refractivity contribution < 1.29 is 31.4 Å². The van der Waals surface area contributed by atoms with Crippen LogP contribution in [0.2, 0.25) is 0 Å². The summed E-state index contributed by atoms with van der Waals surface area (Å²) >= 11 is 0. The number of alkyl halides is 6. The van der Waals surface area contributed by atoms with Gasteiger partial charge in [-0.2, -0.15) is 26.3 Å². The van der Waals surface area contributed by atoms with Gasteiger partial charge in [0, 0.05) is 5.56 Å². The number of rotatable bonds is 3. The van der Waals surface area contributed by atoms with Gasteiger partial charge in [-0.1, -0.05) is 50.1 Å². The van der Waals surface area contributed by atoms with Crippen LogP contribution in [0.25, 0.3) is 0 Å². The molecule has 0 saturated heterocycles. The van der Waals surface area contributed by atoms with Gasteiger partial charge < -0.3 is 5.11 Å². The first-order chi connectivity index (χ1) is 9.52. The third-order valence-corrected chi connectivity index (χ3v) is 2.98. The van der Waals surface area contributed by atoms with Crippen LogP contribution in [0.15, 0.2) is 30.3 Å². The summed E-state index contributed by atoms with van der Waals surface area (Å²) in [6.07, 6.45) is -7.72. The fraction of sp³-hybridized carbons (Fsp3) is 0.538. The molecule has 0 radical (unpaired) electrons. The molecule has 122 valence electrons. The summed E-state index contributed by atoms with van der Waals surface area (Å²) in [5, 5.41) is 8.91. The highest BCUT2D eigenvalue weighted by Gasteiger charge is 2.71. The van der Waals surface area contributed by atoms with Crippen molar-refractivity contribution >= 4 is 9.24 Å². The molecule has 0 aliphatic carbocycles. The van der Waals surface area contributed by atoms with E-state index in [0.29, 0.717) is 12.1 Å². The summed E-state index contributed by atoms with van der Waals surface area (Å²) in [5.74, 6) is 0. The van der Waals surface area contributed by atoms with Crippen molar-refractivity contribution in [3.8, 4) is 0 Å². The lowest BCUT2D eigenvalue weighted by molar-refractivity contribution is -0.376. The summed E-state index contributed by atoms with van der Waals surface area (Å²) in [6.45, 7) is 2.20. The third-order valence-electron chi connectivity index (χ3n) is 2.57. The van der Waals surface area contributed by atoms with E-state index in [0.717, 1.165) is 12.1 Å². The quantitative estimate of drug-likeness (QED) is 0.630. The molecule has 1 aromatic rings. The Labute approximate surface area is 121 Å². The van der Waals surface area contributed by atoms with Crippen molar-refractivity contribution in [2.24, 2.45) is 0 Å². The highest BCUT2D eigenvalue weighted by atomic mass is 31.0. The van der Waals surface area contributed by atoms with Crippen molar-refractivity contribution in [2.45, 2.75) is 37.7 Å². The largest absolute Gasteiger partial charge is 0.430 e. The minimum atomic E-state index is -5.83. The lowest BCUT2D eigenvalue weighted by Crippen LogP contribution is -2.53. The Balaban J connectivity index is 0.000000690. The number of unbranched alkanes of at least 4 members (excludes halogenated alkanes) is 1. The molecule has 8 heteroatoms. The minimum Gasteiger partial charge on any atom is -0.369 e. The van der Waals surface area contributed by atoms with Crippen LogP contribution in [-0.4, -0.2) is 23.6 Å². The predicted molar refractivity (Wildman–Crippen MR) is 71.9 cm³/mol. The fourth-order valence-electron chi connectivity index (χ4n) is 1.37. The van der Waals surface area contributed by atoms with Crippen molar-refractivity contribution in [3.05, 3.63) is 35.9 Å². The van der Waals surface area contributed by atoms with Crippen LogP contribution >= 0.6 is 9.24 Å². The standard InChI is InChI=1S/C9H6F6O.C4H11P/c10-8(11,12)7(16,9(13,14)15)6-4-2-1-3-5-6;1-2-3-4-5/h1-5,16H;2-5H2,1H3. The number of hydrogen-bond acceptors (Lipinski definition) is 1. The molecule has 0 bridgehead atoms. The molecular weight excluding hydrogens is 317 g/mol. The van der Waals surface area contributed by atoms with E-state index in [2.05, 4.69) is 16.2 Å². The Bertz CT molecular complexity index is 385. The molecule has 0 aromatic heterocycles. The van der Waals surface area contributed by atoms with E-state index in [4.69, 9.17) is 5.11 Å². The molecule has 0 fully saturated rings. The van der Waals surface area contributed by atoms with Crippen LogP contribution in [0.5, 0.6) is 0 Å². The molecule has 0 aliphatic rings. The van der Waals surface area contributed by atoms with Crippen LogP contribution in [-0.2, 0) is 5.60 Å². The predicted octanol–water partition coefficient (Wildman–Crippen LogP) is 4.66. The fourth-order valence-corrected chi connectivity index (χ4v) is 1.78. The first-order valence-corrected chi connectivity index (χ1v) is 6.95. The van der Waals surface area contributed by atoms with Gasteiger partial charge >= 0.3 is 12.4 Å². The average molecular weight is 334 g/mol. The van der Waals surface area contributed by atoms with Gasteiger partial charge in [0.05, 0.1) is 0 Å². The van der Waals surface area contributed by atoms with Gasteiger partial charge in [0.15, 0.2) is 0 Å². The highest BCUT2D eigenvalue weighted by molar-refractivity contribution is 7.16. The van der Waals surface area contributed by atoms with E-state index in [9.17, 15) is 26.3 Å². The topological polar surface area (TPSA) is 20.2 Å². The van der Waals surface area contributed by atoms with E-state index in [1.807, 2.05) is 0 Å². The lowest BCUT2D eigenvalue weighted by atomic mass is 9.92. The second-order valence-electron chi connectivity index (χ2n) is 4.21. The third kappa shape index (κ3) is 5.15. The highest BCUT2D eigenvalue weighted by Crippen LogP contribution is 2.49. The molecule has 1 rings (SSSR count). The summed E-state index contributed by atoms with van der Waals surface area (Å²) in [7, 11) is 2.70. The zero-order valence-electron chi connectivity index (χ0n) is 11.3. The van der Waals surface area contributed by atoms with Crippen molar-refractivity contribution in [1.82, 2.24) is 0 Å². The van der Waals surface area contributed by atoms with Crippen LogP contribution in [0, 0.1) is 0 Å². The molecule has 1 nitrogen and oxygen atoms in total. The molecule has 1 N–H and O–H groups in total. The van der Waals surface area contributed by atoms with Crippen LogP contribution < -0.4 is 0 Å². The first-order valence-electron chi connectivity index (χ1n) is 6.13. The van der Waals surface area contributed by atoms with Gasteiger partial charge in [-0.3, -0.25) is 0 Å². The number of aliphatic hydroxyl groups is 1. The Morgan fingerprint density at radius 2 is 1.38 bits per heavy atom. The Morgan fingerprint density at radius 1 is 0.952 bits per heavy atom. The van der Waals surface area contributed by atoms with E-state index in [1.165, 1.54) is 25.1 Å². The molecule has 1 aromatic carbocycles. The lowest BCUT2D eigenvalue weighted by Gasteiger charge is -2.32. The average Bonchev–Trinajstić information content (AvgIpc) is 2.38. The number of benzene rings is 1. The van der Waals surface area contributed by atoms with Gasteiger partial charge in [-0.05, 0) is 6.16 Å². The van der Waals surface area contributed by atoms with Crippen LogP contribution in [0.3, 0.4) is 0 Å². The summed E-state index contributed by atoms with van der Waals surface area (Å²) in [5.41, 5.74) is -6.09. The molecule has 0 saturated carbocycles. The molecule has 21 heavy (non-hydrogen) atoms. The minimum absolute atomic E-state index is 0.570. The van der Waals surface area contributed by atoms with Gasteiger partial charge in [-0.15, -0.1) is 9.24 Å². The molecule has 1 atom stereocenters. The smallest absolute Gasteiger partial charge is 0.369 e. The maximum atomic E-state index is 12.3. The molecular formula is C13H17F6OP. The maximum absolute atomic E-state index is 12.3. The summed E-state index contributed by atoms with van der Waals surface area (Å²) in [6, 6.07) is 4.36. The second-order valence-corrected chi connectivity index (χ2v) is 4.79. The second kappa shape index (κ2) is 7.99. The maximum Gasteiger partial charge on any atom is 0.430 e. The zero-order valence-corrected chi connectivity index (χ0v) is 12.5. The Kier molecular flexibility index (Phi) is 7.68. The first kappa shape index (κ1) is 20.2. The Morgan fingerprint density at radius 3 is 1.62 bits per heavy atom. The normalized spacial score (nSPS) is 12.6. The molecule has 0 aliphatic heterocycles. The number of hydrogen-bond donors (Lipinski definition) is 1. The van der Waals surface area contributed by atoms with Gasteiger partial charge in [0.25, 0.3) is 5.60 Å². The molecule has 1 unspecified atom stereocenters. The molecule has 0 heterocycles. The van der Waals surface area contributed by atoms with E-state index < -0.39 is 23.5 Å². The van der Waals surface area contributed by atoms with Crippen molar-refractivity contribution in [3.63, 3.8) is 0 Å². The molecule has 0 amide bonds. The zero-order chi connectivity index (χ0) is 16.7. The van der Waals surface area contributed by atoms with Gasteiger partial charge in [-0.25, -0.2) is 0 Å². The van der Waals surface area contributed by atoms with Crippen LogP contribution in [0.1, 0.15) is 25.3 Å². The van der Waals surface area contributed by atoms with Crippen molar-refractivity contribution in [2.75, 3.05) is 6.16 Å².